The summed E-state index contributed by atoms with van der Waals surface area (Å²) in [4.78, 5) is 30.9. The molecule has 0 unspecified atom stereocenters. The summed E-state index contributed by atoms with van der Waals surface area (Å²) in [5.74, 6) is -0.142. The molecule has 1 aliphatic rings. The summed E-state index contributed by atoms with van der Waals surface area (Å²) in [6.07, 6.45) is 0. The standard InChI is InChI=1S/C27H26N2O3/c1-5-28(20-11-7-6-8-12-20)25-24(21-13-9-10-14-23(21)32-4)26(30)29(27(25)31)22-16-15-18(2)17-19(22)3/h6-17H,5H2,1-4H3. The Hall–Kier alpha value is -3.86. The highest BCUT2D eigenvalue weighted by Crippen LogP contribution is 2.40. The van der Waals surface area contributed by atoms with Crippen molar-refractivity contribution < 1.29 is 14.3 Å². The van der Waals surface area contributed by atoms with Gasteiger partial charge in [-0.05, 0) is 50.6 Å². The van der Waals surface area contributed by atoms with Crippen LogP contribution in [-0.4, -0.2) is 25.5 Å². The Balaban J connectivity index is 1.96. The molecule has 0 atom stereocenters. The van der Waals surface area contributed by atoms with E-state index in [9.17, 15) is 9.59 Å². The second kappa shape index (κ2) is 8.71. The van der Waals surface area contributed by atoms with E-state index in [0.29, 0.717) is 34.8 Å². The molecule has 0 N–H and O–H groups in total. The Morgan fingerprint density at radius 1 is 0.875 bits per heavy atom. The lowest BCUT2D eigenvalue weighted by atomic mass is 10.0. The Morgan fingerprint density at radius 2 is 1.56 bits per heavy atom. The van der Waals surface area contributed by atoms with E-state index in [2.05, 4.69) is 0 Å². The molecular weight excluding hydrogens is 400 g/mol. The van der Waals surface area contributed by atoms with Crippen LogP contribution in [0.1, 0.15) is 23.6 Å². The van der Waals surface area contributed by atoms with Crippen LogP contribution >= 0.6 is 0 Å². The molecule has 0 aromatic heterocycles. The lowest BCUT2D eigenvalue weighted by molar-refractivity contribution is -0.120. The fraction of sp³-hybridized carbons (Fsp3) is 0.185. The highest BCUT2D eigenvalue weighted by atomic mass is 16.5. The van der Waals surface area contributed by atoms with Crippen molar-refractivity contribution in [1.29, 1.82) is 0 Å². The molecule has 4 rings (SSSR count). The summed E-state index contributed by atoms with van der Waals surface area (Å²) in [5.41, 5.74) is 4.69. The summed E-state index contributed by atoms with van der Waals surface area (Å²) >= 11 is 0. The number of imide groups is 1. The molecule has 5 nitrogen and oxygen atoms in total. The highest BCUT2D eigenvalue weighted by Gasteiger charge is 2.43. The van der Waals surface area contributed by atoms with Crippen molar-refractivity contribution in [1.82, 2.24) is 0 Å². The van der Waals surface area contributed by atoms with Gasteiger partial charge >= 0.3 is 0 Å². The minimum Gasteiger partial charge on any atom is -0.496 e. The number of carbonyl (C=O) groups excluding carboxylic acids is 2. The van der Waals surface area contributed by atoms with Crippen molar-refractivity contribution in [3.05, 3.63) is 95.2 Å². The average Bonchev–Trinajstić information content (AvgIpc) is 3.05. The molecule has 0 saturated heterocycles. The molecule has 0 radical (unpaired) electrons. The molecule has 0 spiro atoms. The third kappa shape index (κ3) is 3.56. The van der Waals surface area contributed by atoms with Gasteiger partial charge in [-0.1, -0.05) is 54.1 Å². The SMILES string of the molecule is CCN(C1=C(c2ccccc2OC)C(=O)N(c2ccc(C)cc2C)C1=O)c1ccccc1. The molecule has 0 saturated carbocycles. The Bertz CT molecular complexity index is 1210. The zero-order valence-electron chi connectivity index (χ0n) is 18.8. The zero-order chi connectivity index (χ0) is 22.8. The first-order chi connectivity index (χ1) is 15.5. The van der Waals surface area contributed by atoms with Gasteiger partial charge in [-0.25, -0.2) is 4.90 Å². The molecule has 1 heterocycles. The largest absolute Gasteiger partial charge is 0.496 e. The number of amides is 2. The lowest BCUT2D eigenvalue weighted by Crippen LogP contribution is -2.35. The van der Waals surface area contributed by atoms with Gasteiger partial charge in [0.15, 0.2) is 0 Å². The van der Waals surface area contributed by atoms with Crippen LogP contribution in [0.2, 0.25) is 0 Å². The van der Waals surface area contributed by atoms with Gasteiger partial charge in [0.2, 0.25) is 0 Å². The van der Waals surface area contributed by atoms with Crippen LogP contribution in [0.3, 0.4) is 0 Å². The monoisotopic (exact) mass is 426 g/mol. The van der Waals surface area contributed by atoms with E-state index in [-0.39, 0.29) is 11.8 Å². The maximum atomic E-state index is 13.9. The van der Waals surface area contributed by atoms with Crippen molar-refractivity contribution in [3.8, 4) is 5.75 Å². The summed E-state index contributed by atoms with van der Waals surface area (Å²) in [6, 6.07) is 22.7. The number of methoxy groups -OCH3 is 1. The topological polar surface area (TPSA) is 49.9 Å². The first-order valence-electron chi connectivity index (χ1n) is 10.6. The van der Waals surface area contributed by atoms with Crippen LogP contribution in [0.25, 0.3) is 5.57 Å². The Morgan fingerprint density at radius 3 is 2.22 bits per heavy atom. The molecule has 0 bridgehead atoms. The lowest BCUT2D eigenvalue weighted by Gasteiger charge is -2.25. The maximum Gasteiger partial charge on any atom is 0.282 e. The summed E-state index contributed by atoms with van der Waals surface area (Å²) in [6.45, 7) is 6.40. The number of para-hydroxylation sites is 2. The molecule has 3 aromatic rings. The van der Waals surface area contributed by atoms with Crippen molar-refractivity contribution in [2.24, 2.45) is 0 Å². The van der Waals surface area contributed by atoms with E-state index in [1.807, 2.05) is 92.4 Å². The van der Waals surface area contributed by atoms with Gasteiger partial charge in [0, 0.05) is 17.8 Å². The number of aryl methyl sites for hydroxylation is 2. The van der Waals surface area contributed by atoms with E-state index in [0.717, 1.165) is 16.8 Å². The van der Waals surface area contributed by atoms with Crippen LogP contribution in [0, 0.1) is 13.8 Å². The second-order valence-electron chi connectivity index (χ2n) is 7.74. The van der Waals surface area contributed by atoms with E-state index >= 15 is 0 Å². The summed E-state index contributed by atoms with van der Waals surface area (Å²) < 4.78 is 5.55. The van der Waals surface area contributed by atoms with E-state index < -0.39 is 0 Å². The van der Waals surface area contributed by atoms with Crippen LogP contribution in [-0.2, 0) is 9.59 Å². The molecule has 3 aromatic carbocycles. The molecule has 32 heavy (non-hydrogen) atoms. The minimum absolute atomic E-state index is 0.339. The summed E-state index contributed by atoms with van der Waals surface area (Å²) in [5, 5.41) is 0. The van der Waals surface area contributed by atoms with Crippen molar-refractivity contribution in [2.75, 3.05) is 23.5 Å². The van der Waals surface area contributed by atoms with Gasteiger partial charge < -0.3 is 9.64 Å². The summed E-state index contributed by atoms with van der Waals surface area (Å²) in [7, 11) is 1.57. The molecule has 2 amide bonds. The number of benzene rings is 3. The molecule has 1 aliphatic heterocycles. The van der Waals surface area contributed by atoms with Crippen LogP contribution in [0.4, 0.5) is 11.4 Å². The first-order valence-corrected chi connectivity index (χ1v) is 10.6. The number of ether oxygens (including phenoxy) is 1. The van der Waals surface area contributed by atoms with Crippen molar-refractivity contribution in [3.63, 3.8) is 0 Å². The number of hydrogen-bond donors (Lipinski definition) is 0. The van der Waals surface area contributed by atoms with Crippen LogP contribution in [0.5, 0.6) is 5.75 Å². The number of likely N-dealkylation sites (N-methyl/N-ethyl adjacent to an activating group) is 1. The fourth-order valence-corrected chi connectivity index (χ4v) is 4.22. The normalized spacial score (nSPS) is 13.7. The molecule has 0 fully saturated rings. The Labute approximate surface area is 188 Å². The van der Waals surface area contributed by atoms with Gasteiger partial charge in [0.1, 0.15) is 11.4 Å². The molecular formula is C27H26N2O3. The average molecular weight is 427 g/mol. The van der Waals surface area contributed by atoms with E-state index in [4.69, 9.17) is 4.74 Å². The van der Waals surface area contributed by atoms with Crippen LogP contribution < -0.4 is 14.5 Å². The van der Waals surface area contributed by atoms with Crippen LogP contribution in [0.15, 0.2) is 78.5 Å². The van der Waals surface area contributed by atoms with Gasteiger partial charge in [0.05, 0.1) is 18.4 Å². The van der Waals surface area contributed by atoms with Gasteiger partial charge in [-0.2, -0.15) is 0 Å². The number of hydrogen-bond acceptors (Lipinski definition) is 4. The van der Waals surface area contributed by atoms with E-state index in [1.165, 1.54) is 4.90 Å². The van der Waals surface area contributed by atoms with Gasteiger partial charge in [-0.3, -0.25) is 9.59 Å². The van der Waals surface area contributed by atoms with Gasteiger partial charge in [-0.15, -0.1) is 0 Å². The number of nitrogens with zero attached hydrogens (tertiary/aromatic N) is 2. The predicted molar refractivity (Wildman–Crippen MR) is 128 cm³/mol. The van der Waals surface area contributed by atoms with Gasteiger partial charge in [0.25, 0.3) is 11.8 Å². The minimum atomic E-state index is -0.351. The molecule has 0 aliphatic carbocycles. The fourth-order valence-electron chi connectivity index (χ4n) is 4.22. The molecule has 162 valence electrons. The molecule has 5 heteroatoms. The van der Waals surface area contributed by atoms with Crippen molar-refractivity contribution in [2.45, 2.75) is 20.8 Å². The smallest absolute Gasteiger partial charge is 0.282 e. The predicted octanol–water partition coefficient (Wildman–Crippen LogP) is 5.12. The third-order valence-electron chi connectivity index (χ3n) is 5.68. The maximum absolute atomic E-state index is 13.9. The van der Waals surface area contributed by atoms with E-state index in [1.54, 1.807) is 13.2 Å². The first kappa shape index (κ1) is 21.4. The highest BCUT2D eigenvalue weighted by molar-refractivity contribution is 6.46. The Kier molecular flexibility index (Phi) is 5.82. The second-order valence-corrected chi connectivity index (χ2v) is 7.74. The number of carbonyl (C=O) groups is 2. The zero-order valence-corrected chi connectivity index (χ0v) is 18.8. The quantitative estimate of drug-likeness (QED) is 0.513. The number of rotatable bonds is 6. The van der Waals surface area contributed by atoms with Crippen molar-refractivity contribution >= 4 is 28.8 Å². The third-order valence-corrected chi connectivity index (χ3v) is 5.68. The number of anilines is 2.